The van der Waals surface area contributed by atoms with E-state index < -0.39 is 28.9 Å². The number of nitrogens with one attached hydrogen (secondary N) is 2. The minimum Gasteiger partial charge on any atom is -0.338 e. The second kappa shape index (κ2) is 9.35. The van der Waals surface area contributed by atoms with Crippen LogP contribution < -0.4 is 10.9 Å². The van der Waals surface area contributed by atoms with Gasteiger partial charge in [-0.25, -0.2) is 18.3 Å². The van der Waals surface area contributed by atoms with Gasteiger partial charge in [-0.2, -0.15) is 5.10 Å². The van der Waals surface area contributed by atoms with Crippen molar-refractivity contribution in [3.8, 4) is 0 Å². The van der Waals surface area contributed by atoms with E-state index in [1.807, 2.05) is 0 Å². The van der Waals surface area contributed by atoms with Gasteiger partial charge >= 0.3 is 0 Å². The zero-order valence-corrected chi connectivity index (χ0v) is 18.4. The molecule has 6 nitrogen and oxygen atoms in total. The number of piperidine rings is 1. The van der Waals surface area contributed by atoms with Crippen LogP contribution in [0.1, 0.15) is 48.3 Å². The summed E-state index contributed by atoms with van der Waals surface area (Å²) in [6.07, 6.45) is 1.40. The van der Waals surface area contributed by atoms with Crippen molar-refractivity contribution in [1.82, 2.24) is 20.4 Å². The van der Waals surface area contributed by atoms with Crippen molar-refractivity contribution in [1.29, 1.82) is 0 Å². The summed E-state index contributed by atoms with van der Waals surface area (Å²) in [4.78, 5) is 26.6. The van der Waals surface area contributed by atoms with Gasteiger partial charge in [-0.3, -0.25) is 9.59 Å². The molecule has 4 rings (SSSR count). The van der Waals surface area contributed by atoms with Gasteiger partial charge in [0.25, 0.3) is 11.5 Å². The highest BCUT2D eigenvalue weighted by Crippen LogP contribution is 2.23. The number of halogens is 3. The molecule has 0 radical (unpaired) electrons. The summed E-state index contributed by atoms with van der Waals surface area (Å²) in [6.45, 7) is 5.08. The number of hydrogen-bond acceptors (Lipinski definition) is 4. The number of amides is 1. The third-order valence-electron chi connectivity index (χ3n) is 5.91. The lowest BCUT2D eigenvalue weighted by molar-refractivity contribution is 0.0698. The van der Waals surface area contributed by atoms with Crippen LogP contribution in [0.2, 0.25) is 0 Å². The molecule has 3 aromatic rings. The first-order valence-electron chi connectivity index (χ1n) is 10.9. The van der Waals surface area contributed by atoms with Gasteiger partial charge in [0.15, 0.2) is 0 Å². The van der Waals surface area contributed by atoms with Crippen LogP contribution >= 0.6 is 0 Å². The molecular weight excluding hydrogens is 433 g/mol. The van der Waals surface area contributed by atoms with Crippen LogP contribution in [0.5, 0.6) is 0 Å². The number of aromatic amines is 1. The fourth-order valence-electron chi connectivity index (χ4n) is 4.29. The number of aromatic nitrogens is 2. The van der Waals surface area contributed by atoms with Crippen molar-refractivity contribution >= 4 is 16.7 Å². The highest BCUT2D eigenvalue weighted by Gasteiger charge is 2.26. The van der Waals surface area contributed by atoms with Crippen molar-refractivity contribution in [2.45, 2.75) is 45.2 Å². The van der Waals surface area contributed by atoms with Gasteiger partial charge in [0, 0.05) is 43.0 Å². The average molecular weight is 458 g/mol. The molecule has 2 aromatic carbocycles. The number of rotatable bonds is 5. The number of fused-ring (bicyclic) bond motifs is 1. The topological polar surface area (TPSA) is 78.1 Å². The molecule has 33 heavy (non-hydrogen) atoms. The standard InChI is InChI=1S/C24H25F3N4O2/c1-13(2)28-16-5-7-31(8-6-16)24(33)19-9-14(20(26)12-21(19)27)10-22-17-4-3-15(25)11-18(17)23(32)30-29-22/h3-4,9,11-13,16,28H,5-8,10H2,1-2H3,(H,30,32). The molecule has 1 aliphatic heterocycles. The summed E-state index contributed by atoms with van der Waals surface area (Å²) in [6, 6.07) is 6.19. The Balaban J connectivity index is 1.60. The molecular formula is C24H25F3N4O2. The fraction of sp³-hybridized carbons (Fsp3) is 0.375. The number of likely N-dealkylation sites (tertiary alicyclic amines) is 1. The average Bonchev–Trinajstić information content (AvgIpc) is 2.77. The fourth-order valence-corrected chi connectivity index (χ4v) is 4.29. The van der Waals surface area contributed by atoms with E-state index in [0.717, 1.165) is 18.9 Å². The molecule has 1 saturated heterocycles. The Morgan fingerprint density at radius 2 is 1.85 bits per heavy atom. The third-order valence-corrected chi connectivity index (χ3v) is 5.91. The Bertz CT molecular complexity index is 1250. The zero-order valence-electron chi connectivity index (χ0n) is 18.4. The van der Waals surface area contributed by atoms with Crippen LogP contribution in [-0.2, 0) is 6.42 Å². The first-order valence-corrected chi connectivity index (χ1v) is 10.9. The maximum absolute atomic E-state index is 14.6. The molecule has 0 saturated carbocycles. The number of nitrogens with zero attached hydrogens (tertiary/aromatic N) is 2. The Labute approximate surface area is 188 Å². The van der Waals surface area contributed by atoms with E-state index >= 15 is 0 Å². The Kier molecular flexibility index (Phi) is 6.51. The summed E-state index contributed by atoms with van der Waals surface area (Å²) in [5.41, 5.74) is -0.434. The molecule has 0 bridgehead atoms. The van der Waals surface area contributed by atoms with Crippen LogP contribution in [0, 0.1) is 17.5 Å². The molecule has 0 unspecified atom stereocenters. The molecule has 2 heterocycles. The quantitative estimate of drug-likeness (QED) is 0.613. The van der Waals surface area contributed by atoms with Gasteiger partial charge in [-0.15, -0.1) is 0 Å². The van der Waals surface area contributed by atoms with E-state index in [2.05, 4.69) is 29.4 Å². The lowest BCUT2D eigenvalue weighted by Gasteiger charge is -2.33. The molecule has 9 heteroatoms. The van der Waals surface area contributed by atoms with Crippen molar-refractivity contribution in [2.24, 2.45) is 0 Å². The van der Waals surface area contributed by atoms with E-state index in [-0.39, 0.29) is 28.6 Å². The van der Waals surface area contributed by atoms with Gasteiger partial charge in [0.05, 0.1) is 16.6 Å². The number of hydrogen-bond donors (Lipinski definition) is 2. The minimum atomic E-state index is -0.926. The minimum absolute atomic E-state index is 0.0567. The molecule has 1 amide bonds. The molecule has 1 aromatic heterocycles. The van der Waals surface area contributed by atoms with Crippen LogP contribution in [0.3, 0.4) is 0 Å². The largest absolute Gasteiger partial charge is 0.338 e. The maximum Gasteiger partial charge on any atom is 0.272 e. The third kappa shape index (κ3) is 4.93. The molecule has 1 aliphatic rings. The number of carbonyl (C=O) groups is 1. The summed E-state index contributed by atoms with van der Waals surface area (Å²) in [5, 5.41) is 10.1. The van der Waals surface area contributed by atoms with Gasteiger partial charge < -0.3 is 10.2 Å². The number of benzene rings is 2. The highest BCUT2D eigenvalue weighted by molar-refractivity contribution is 5.95. The summed E-state index contributed by atoms with van der Waals surface area (Å²) in [7, 11) is 0. The Morgan fingerprint density at radius 3 is 2.55 bits per heavy atom. The summed E-state index contributed by atoms with van der Waals surface area (Å²) >= 11 is 0. The van der Waals surface area contributed by atoms with Gasteiger partial charge in [0.1, 0.15) is 17.5 Å². The van der Waals surface area contributed by atoms with E-state index in [0.29, 0.717) is 36.6 Å². The van der Waals surface area contributed by atoms with Crippen molar-refractivity contribution < 1.29 is 18.0 Å². The number of carbonyl (C=O) groups excluding carboxylic acids is 1. The van der Waals surface area contributed by atoms with Gasteiger partial charge in [-0.1, -0.05) is 13.8 Å². The SMILES string of the molecule is CC(C)NC1CCN(C(=O)c2cc(Cc3n[nH]c(=O)c4cc(F)ccc34)c(F)cc2F)CC1. The van der Waals surface area contributed by atoms with E-state index in [4.69, 9.17) is 0 Å². The smallest absolute Gasteiger partial charge is 0.272 e. The monoisotopic (exact) mass is 458 g/mol. The summed E-state index contributed by atoms with van der Waals surface area (Å²) < 4.78 is 42.7. The normalized spacial score (nSPS) is 14.9. The Hall–Kier alpha value is -3.20. The first kappa shape index (κ1) is 23.0. The highest BCUT2D eigenvalue weighted by atomic mass is 19.1. The van der Waals surface area contributed by atoms with E-state index in [1.54, 1.807) is 4.90 Å². The predicted molar refractivity (Wildman–Crippen MR) is 119 cm³/mol. The van der Waals surface area contributed by atoms with E-state index in [9.17, 15) is 22.8 Å². The van der Waals surface area contributed by atoms with Gasteiger partial charge in [0.2, 0.25) is 0 Å². The maximum atomic E-state index is 14.6. The lowest BCUT2D eigenvalue weighted by atomic mass is 9.99. The molecule has 174 valence electrons. The van der Waals surface area contributed by atoms with Crippen LogP contribution in [0.25, 0.3) is 10.8 Å². The first-order chi connectivity index (χ1) is 15.7. The molecule has 2 N–H and O–H groups in total. The zero-order chi connectivity index (χ0) is 23.7. The molecule has 0 aliphatic carbocycles. The van der Waals surface area contributed by atoms with Crippen LogP contribution in [0.4, 0.5) is 13.2 Å². The number of H-pyrrole nitrogens is 1. The van der Waals surface area contributed by atoms with Gasteiger partial charge in [-0.05, 0) is 42.7 Å². The molecule has 0 atom stereocenters. The van der Waals surface area contributed by atoms with Crippen LogP contribution in [0.15, 0.2) is 35.1 Å². The summed E-state index contributed by atoms with van der Waals surface area (Å²) in [5.74, 6) is -2.83. The lowest BCUT2D eigenvalue weighted by Crippen LogP contribution is -2.46. The molecule has 0 spiro atoms. The van der Waals surface area contributed by atoms with Crippen molar-refractivity contribution in [3.05, 3.63) is 75.0 Å². The van der Waals surface area contributed by atoms with Crippen LogP contribution in [-0.4, -0.2) is 46.2 Å². The van der Waals surface area contributed by atoms with Crippen molar-refractivity contribution in [3.63, 3.8) is 0 Å². The predicted octanol–water partition coefficient (Wildman–Crippen LogP) is 3.53. The second-order valence-electron chi connectivity index (χ2n) is 8.68. The molecule has 1 fully saturated rings. The van der Waals surface area contributed by atoms with E-state index in [1.165, 1.54) is 18.2 Å². The van der Waals surface area contributed by atoms with Crippen molar-refractivity contribution in [2.75, 3.05) is 13.1 Å². The second-order valence-corrected chi connectivity index (χ2v) is 8.68. The Morgan fingerprint density at radius 1 is 1.12 bits per heavy atom.